The number of hydrogen-bond donors (Lipinski definition) is 1. The molecule has 21 heavy (non-hydrogen) atoms. The quantitative estimate of drug-likeness (QED) is 0.730. The molecule has 0 atom stereocenters. The molecule has 1 N–H and O–H groups in total. The highest BCUT2D eigenvalue weighted by molar-refractivity contribution is 9.10. The number of carbonyl (C=O) groups is 1. The largest absolute Gasteiger partial charge is 0.478 e. The van der Waals surface area contributed by atoms with Crippen molar-refractivity contribution in [1.82, 2.24) is 9.55 Å². The predicted molar refractivity (Wildman–Crippen MR) is 85.5 cm³/mol. The smallest absolute Gasteiger partial charge is 0.335 e. The van der Waals surface area contributed by atoms with E-state index in [-0.39, 0.29) is 5.56 Å². The molecule has 0 bridgehead atoms. The number of halogens is 2. The van der Waals surface area contributed by atoms with E-state index in [1.807, 2.05) is 23.6 Å². The summed E-state index contributed by atoms with van der Waals surface area (Å²) in [6, 6.07) is 8.65. The van der Waals surface area contributed by atoms with Crippen LogP contribution in [0.15, 0.2) is 41.1 Å². The van der Waals surface area contributed by atoms with Crippen molar-refractivity contribution in [3.63, 3.8) is 0 Å². The Hall–Kier alpha value is -1.85. The number of rotatable bonds is 2. The summed E-state index contributed by atoms with van der Waals surface area (Å²) in [6.45, 7) is 1.93. The monoisotopic (exact) mass is 364 g/mol. The molecule has 0 saturated carbocycles. The van der Waals surface area contributed by atoms with E-state index in [9.17, 15) is 4.79 Å². The Balaban J connectivity index is 2.22. The van der Waals surface area contributed by atoms with Gasteiger partial charge in [0.1, 0.15) is 6.33 Å². The molecule has 0 aliphatic carbocycles. The van der Waals surface area contributed by atoms with Crippen LogP contribution in [0.2, 0.25) is 5.02 Å². The third-order valence-electron chi connectivity index (χ3n) is 3.28. The van der Waals surface area contributed by atoms with Gasteiger partial charge in [-0.3, -0.25) is 4.57 Å². The number of hydrogen-bond acceptors (Lipinski definition) is 2. The van der Waals surface area contributed by atoms with Crippen LogP contribution in [0.5, 0.6) is 0 Å². The molecular weight excluding hydrogens is 356 g/mol. The number of nitrogens with zero attached hydrogens (tertiary/aromatic N) is 2. The van der Waals surface area contributed by atoms with Crippen LogP contribution in [0, 0.1) is 6.92 Å². The number of aromatic nitrogens is 2. The summed E-state index contributed by atoms with van der Waals surface area (Å²) in [4.78, 5) is 15.3. The molecule has 0 saturated heterocycles. The van der Waals surface area contributed by atoms with Crippen LogP contribution >= 0.6 is 27.5 Å². The lowest BCUT2D eigenvalue weighted by Crippen LogP contribution is -1.97. The first-order chi connectivity index (χ1) is 9.97. The molecule has 1 aromatic heterocycles. The van der Waals surface area contributed by atoms with Crippen LogP contribution in [-0.2, 0) is 0 Å². The fraction of sp³-hybridized carbons (Fsp3) is 0.0667. The van der Waals surface area contributed by atoms with Gasteiger partial charge in [-0.25, -0.2) is 9.78 Å². The molecule has 3 aromatic rings. The summed E-state index contributed by atoms with van der Waals surface area (Å²) in [5.41, 5.74) is 3.49. The van der Waals surface area contributed by atoms with Gasteiger partial charge < -0.3 is 5.11 Å². The highest BCUT2D eigenvalue weighted by atomic mass is 79.9. The Labute approximate surface area is 134 Å². The normalized spacial score (nSPS) is 11.0. The van der Waals surface area contributed by atoms with Crippen molar-refractivity contribution >= 4 is 44.5 Å². The Morgan fingerprint density at radius 3 is 2.81 bits per heavy atom. The number of imidazole rings is 1. The number of aromatic carboxylic acids is 1. The maximum atomic E-state index is 11.0. The number of carboxylic acid groups (broad SMARTS) is 1. The van der Waals surface area contributed by atoms with Crippen molar-refractivity contribution in [3.8, 4) is 5.69 Å². The minimum atomic E-state index is -0.967. The average molecular weight is 366 g/mol. The molecule has 0 spiro atoms. The summed E-state index contributed by atoms with van der Waals surface area (Å²) < 4.78 is 2.77. The average Bonchev–Trinajstić information content (AvgIpc) is 2.85. The molecule has 0 radical (unpaired) electrons. The lowest BCUT2D eigenvalue weighted by atomic mass is 10.2. The van der Waals surface area contributed by atoms with E-state index in [2.05, 4.69) is 20.9 Å². The molecule has 2 aromatic carbocycles. The second-order valence-corrected chi connectivity index (χ2v) is 5.94. The van der Waals surface area contributed by atoms with E-state index < -0.39 is 5.97 Å². The van der Waals surface area contributed by atoms with Crippen molar-refractivity contribution in [3.05, 3.63) is 57.3 Å². The number of carboxylic acids is 1. The van der Waals surface area contributed by atoms with Crippen molar-refractivity contribution < 1.29 is 9.90 Å². The van der Waals surface area contributed by atoms with E-state index >= 15 is 0 Å². The Morgan fingerprint density at radius 1 is 1.33 bits per heavy atom. The van der Waals surface area contributed by atoms with Gasteiger partial charge in [-0.1, -0.05) is 11.6 Å². The van der Waals surface area contributed by atoms with Gasteiger partial charge in [-0.15, -0.1) is 0 Å². The van der Waals surface area contributed by atoms with Crippen molar-refractivity contribution in [2.45, 2.75) is 6.92 Å². The van der Waals surface area contributed by atoms with Crippen LogP contribution < -0.4 is 0 Å². The molecule has 106 valence electrons. The van der Waals surface area contributed by atoms with Gasteiger partial charge in [-0.2, -0.15) is 0 Å². The third kappa shape index (κ3) is 2.43. The minimum absolute atomic E-state index is 0.216. The maximum Gasteiger partial charge on any atom is 0.335 e. The van der Waals surface area contributed by atoms with Gasteiger partial charge in [0.2, 0.25) is 0 Å². The second kappa shape index (κ2) is 5.16. The zero-order chi connectivity index (χ0) is 15.1. The molecule has 0 aliphatic rings. The molecule has 0 fully saturated rings. The lowest BCUT2D eigenvalue weighted by Gasteiger charge is -2.09. The Kier molecular flexibility index (Phi) is 3.47. The Morgan fingerprint density at radius 2 is 2.10 bits per heavy atom. The van der Waals surface area contributed by atoms with E-state index in [0.717, 1.165) is 21.2 Å². The predicted octanol–water partition coefficient (Wildman–Crippen LogP) is 4.45. The molecule has 3 rings (SSSR count). The molecule has 0 aliphatic heterocycles. The van der Waals surface area contributed by atoms with Gasteiger partial charge in [-0.05, 0) is 58.7 Å². The van der Waals surface area contributed by atoms with E-state index in [0.29, 0.717) is 10.5 Å². The number of fused-ring (bicyclic) bond motifs is 1. The lowest BCUT2D eigenvalue weighted by molar-refractivity contribution is 0.0697. The molecule has 4 nitrogen and oxygen atoms in total. The third-order valence-corrected chi connectivity index (χ3v) is 4.32. The van der Waals surface area contributed by atoms with Gasteiger partial charge in [0.25, 0.3) is 0 Å². The summed E-state index contributed by atoms with van der Waals surface area (Å²) >= 11 is 9.71. The van der Waals surface area contributed by atoms with Crippen molar-refractivity contribution in [1.29, 1.82) is 0 Å². The van der Waals surface area contributed by atoms with Crippen LogP contribution in [0.1, 0.15) is 15.9 Å². The van der Waals surface area contributed by atoms with Crippen LogP contribution in [0.4, 0.5) is 0 Å². The molecule has 6 heteroatoms. The summed E-state index contributed by atoms with van der Waals surface area (Å²) in [5, 5.41) is 9.68. The van der Waals surface area contributed by atoms with Gasteiger partial charge in [0, 0.05) is 9.50 Å². The van der Waals surface area contributed by atoms with Crippen molar-refractivity contribution in [2.24, 2.45) is 0 Å². The van der Waals surface area contributed by atoms with E-state index in [1.165, 1.54) is 0 Å². The molecule has 0 unspecified atom stereocenters. The molecular formula is C15H10BrClN2O2. The van der Waals surface area contributed by atoms with Gasteiger partial charge in [0.15, 0.2) is 0 Å². The second-order valence-electron chi connectivity index (χ2n) is 4.68. The zero-order valence-corrected chi connectivity index (χ0v) is 13.3. The fourth-order valence-corrected chi connectivity index (χ4v) is 2.96. The van der Waals surface area contributed by atoms with Crippen LogP contribution in [0.25, 0.3) is 16.7 Å². The standard InChI is InChI=1S/C15H10BrClN2O2/c1-8-4-10(16)14(6-11(8)17)19-7-18-12-5-9(15(20)21)2-3-13(12)19/h2-7H,1H3,(H,20,21). The minimum Gasteiger partial charge on any atom is -0.478 e. The zero-order valence-electron chi connectivity index (χ0n) is 11.0. The highest BCUT2D eigenvalue weighted by Gasteiger charge is 2.12. The highest BCUT2D eigenvalue weighted by Crippen LogP contribution is 2.30. The van der Waals surface area contributed by atoms with Crippen LogP contribution in [-0.4, -0.2) is 20.6 Å². The SMILES string of the molecule is Cc1cc(Br)c(-n2cnc3cc(C(=O)O)ccc32)cc1Cl. The first-order valence-corrected chi connectivity index (χ1v) is 7.31. The van der Waals surface area contributed by atoms with E-state index in [4.69, 9.17) is 16.7 Å². The summed E-state index contributed by atoms with van der Waals surface area (Å²) in [6.07, 6.45) is 1.65. The number of benzene rings is 2. The maximum absolute atomic E-state index is 11.0. The van der Waals surface area contributed by atoms with E-state index in [1.54, 1.807) is 24.5 Å². The molecule has 1 heterocycles. The topological polar surface area (TPSA) is 55.1 Å². The van der Waals surface area contributed by atoms with Crippen LogP contribution in [0.3, 0.4) is 0 Å². The van der Waals surface area contributed by atoms with Gasteiger partial charge >= 0.3 is 5.97 Å². The summed E-state index contributed by atoms with van der Waals surface area (Å²) in [7, 11) is 0. The summed E-state index contributed by atoms with van der Waals surface area (Å²) in [5.74, 6) is -0.967. The fourth-order valence-electron chi connectivity index (χ4n) is 2.16. The molecule has 0 amide bonds. The number of aryl methyl sites for hydroxylation is 1. The first kappa shape index (κ1) is 14.1. The van der Waals surface area contributed by atoms with Gasteiger partial charge in [0.05, 0.1) is 22.3 Å². The first-order valence-electron chi connectivity index (χ1n) is 6.14. The Bertz CT molecular complexity index is 873. The van der Waals surface area contributed by atoms with Crippen molar-refractivity contribution in [2.75, 3.05) is 0 Å².